The van der Waals surface area contributed by atoms with Crippen molar-refractivity contribution in [2.75, 3.05) is 13.2 Å². The number of benzene rings is 1. The van der Waals surface area contributed by atoms with Crippen LogP contribution in [-0.4, -0.2) is 30.5 Å². The lowest BCUT2D eigenvalue weighted by Crippen LogP contribution is -2.23. The lowest BCUT2D eigenvalue weighted by molar-refractivity contribution is 0.0382. The van der Waals surface area contributed by atoms with Crippen LogP contribution in [0.2, 0.25) is 0 Å². The van der Waals surface area contributed by atoms with Gasteiger partial charge in [0, 0.05) is 11.6 Å². The van der Waals surface area contributed by atoms with Gasteiger partial charge in [-0.25, -0.2) is 13.2 Å². The van der Waals surface area contributed by atoms with Gasteiger partial charge in [0.2, 0.25) is 0 Å². The van der Waals surface area contributed by atoms with Gasteiger partial charge in [0.05, 0.1) is 25.4 Å². The van der Waals surface area contributed by atoms with E-state index in [0.717, 1.165) is 0 Å². The number of aliphatic hydroxyl groups is 1. The second-order valence-corrected chi connectivity index (χ2v) is 9.16. The van der Waals surface area contributed by atoms with E-state index in [0.29, 0.717) is 69.1 Å². The molecule has 0 amide bonds. The molecule has 0 bridgehead atoms. The minimum Gasteiger partial charge on any atom is -0.494 e. The summed E-state index contributed by atoms with van der Waals surface area (Å²) in [4.78, 5) is 0. The summed E-state index contributed by atoms with van der Waals surface area (Å²) in [5.74, 6) is -1.85. The molecule has 0 spiro atoms. The second-order valence-electron chi connectivity index (χ2n) is 9.16. The van der Waals surface area contributed by atoms with E-state index in [9.17, 15) is 18.3 Å². The molecule has 0 unspecified atom stereocenters. The van der Waals surface area contributed by atoms with Gasteiger partial charge >= 0.3 is 0 Å². The van der Waals surface area contributed by atoms with Crippen LogP contribution in [0.5, 0.6) is 0 Å². The third kappa shape index (κ3) is 6.73. The molecule has 0 saturated heterocycles. The smallest absolute Gasteiger partial charge is 0.162 e. The van der Waals surface area contributed by atoms with Gasteiger partial charge in [-0.3, -0.25) is 0 Å². The third-order valence-electron chi connectivity index (χ3n) is 6.84. The average molecular weight is 465 g/mol. The molecule has 0 heterocycles. The molecule has 2 saturated carbocycles. The summed E-state index contributed by atoms with van der Waals surface area (Å²) in [5.41, 5.74) is 1.08. The van der Waals surface area contributed by atoms with Crippen molar-refractivity contribution < 1.29 is 27.8 Å². The van der Waals surface area contributed by atoms with Gasteiger partial charge in [-0.05, 0) is 81.3 Å². The monoisotopic (exact) mass is 464 g/mol. The number of allylic oxidation sites excluding steroid dienone is 1. The molecule has 3 rings (SSSR count). The number of rotatable bonds is 9. The number of ether oxygens (including phenoxy) is 2. The van der Waals surface area contributed by atoms with E-state index in [4.69, 9.17) is 9.47 Å². The second kappa shape index (κ2) is 11.9. The first kappa shape index (κ1) is 25.6. The highest BCUT2D eigenvalue weighted by Gasteiger charge is 2.29. The Morgan fingerprint density at radius 2 is 1.48 bits per heavy atom. The predicted octanol–water partition coefficient (Wildman–Crippen LogP) is 6.99. The number of aliphatic hydroxyl groups excluding tert-OH is 1. The van der Waals surface area contributed by atoms with Crippen LogP contribution in [0, 0.1) is 11.6 Å². The summed E-state index contributed by atoms with van der Waals surface area (Å²) in [5, 5.41) is 9.67. The Hall–Kier alpha value is -2.05. The Balaban J connectivity index is 1.52. The molecule has 2 aliphatic carbocycles. The van der Waals surface area contributed by atoms with Gasteiger partial charge in [-0.2, -0.15) is 0 Å². The highest BCUT2D eigenvalue weighted by atomic mass is 19.2. The largest absolute Gasteiger partial charge is 0.494 e. The van der Waals surface area contributed by atoms with Crippen LogP contribution in [0.4, 0.5) is 13.2 Å². The van der Waals surface area contributed by atoms with E-state index in [2.05, 4.69) is 13.2 Å². The van der Waals surface area contributed by atoms with Crippen LogP contribution in [0.25, 0.3) is 0 Å². The van der Waals surface area contributed by atoms with Crippen LogP contribution in [0.1, 0.15) is 81.3 Å². The topological polar surface area (TPSA) is 38.7 Å². The zero-order valence-electron chi connectivity index (χ0n) is 19.4. The van der Waals surface area contributed by atoms with Crippen molar-refractivity contribution in [2.24, 2.45) is 0 Å². The summed E-state index contributed by atoms with van der Waals surface area (Å²) in [6, 6.07) is 3.46. The molecule has 182 valence electrons. The van der Waals surface area contributed by atoms with E-state index in [-0.39, 0.29) is 42.0 Å². The normalized spacial score (nSPS) is 26.2. The fourth-order valence-corrected chi connectivity index (χ4v) is 4.90. The van der Waals surface area contributed by atoms with Crippen LogP contribution >= 0.6 is 0 Å². The number of halogens is 3. The Morgan fingerprint density at radius 3 is 2.00 bits per heavy atom. The standard InChI is InChI=1S/C27H35F3O3/c1-4-32-18(3)15-25(28)17(2)16-33-22-11-7-20(8-12-22)24-14-13-23(26(29)27(24)30)19-5-9-21(31)10-6-19/h13-15,19-22,31H,2-12,16H2,1H3/b25-15+. The molecule has 0 radical (unpaired) electrons. The van der Waals surface area contributed by atoms with Gasteiger partial charge in [0.1, 0.15) is 11.6 Å². The fraction of sp³-hybridized carbons (Fsp3) is 0.556. The Bertz CT molecular complexity index is 864. The number of hydrogen-bond acceptors (Lipinski definition) is 3. The predicted molar refractivity (Wildman–Crippen MR) is 124 cm³/mol. The third-order valence-corrected chi connectivity index (χ3v) is 6.84. The van der Waals surface area contributed by atoms with Gasteiger partial charge in [0.15, 0.2) is 11.6 Å². The molecule has 1 aromatic carbocycles. The van der Waals surface area contributed by atoms with Gasteiger partial charge in [-0.1, -0.05) is 25.3 Å². The summed E-state index contributed by atoms with van der Waals surface area (Å²) in [6.45, 7) is 9.59. The molecular formula is C27H35F3O3. The van der Waals surface area contributed by atoms with Crippen LogP contribution < -0.4 is 0 Å². The van der Waals surface area contributed by atoms with E-state index >= 15 is 0 Å². The van der Waals surface area contributed by atoms with Crippen molar-refractivity contribution >= 4 is 0 Å². The summed E-state index contributed by atoms with van der Waals surface area (Å²) in [7, 11) is 0. The molecule has 1 N–H and O–H groups in total. The SMILES string of the molecule is C=C(/C=C(/F)C(=C)COC1CCC(c2ccc(C3CCC(O)CC3)c(F)c2F)CC1)OCC. The zero-order chi connectivity index (χ0) is 24.0. The van der Waals surface area contributed by atoms with Crippen molar-refractivity contribution in [1.29, 1.82) is 0 Å². The lowest BCUT2D eigenvalue weighted by Gasteiger charge is -2.30. The highest BCUT2D eigenvalue weighted by molar-refractivity contribution is 5.32. The molecule has 0 aliphatic heterocycles. The maximum Gasteiger partial charge on any atom is 0.162 e. The first-order chi connectivity index (χ1) is 15.8. The van der Waals surface area contributed by atoms with Crippen molar-refractivity contribution in [1.82, 2.24) is 0 Å². The van der Waals surface area contributed by atoms with Crippen LogP contribution in [-0.2, 0) is 9.47 Å². The zero-order valence-corrected chi connectivity index (χ0v) is 19.4. The van der Waals surface area contributed by atoms with Gasteiger partial charge in [-0.15, -0.1) is 0 Å². The first-order valence-electron chi connectivity index (χ1n) is 11.9. The maximum absolute atomic E-state index is 14.9. The molecule has 6 heteroatoms. The van der Waals surface area contributed by atoms with E-state index in [1.807, 2.05) is 0 Å². The summed E-state index contributed by atoms with van der Waals surface area (Å²) < 4.78 is 54.9. The molecule has 1 aromatic rings. The average Bonchev–Trinajstić information content (AvgIpc) is 2.80. The Morgan fingerprint density at radius 1 is 0.970 bits per heavy atom. The van der Waals surface area contributed by atoms with E-state index < -0.39 is 17.5 Å². The maximum atomic E-state index is 14.9. The van der Waals surface area contributed by atoms with Crippen molar-refractivity contribution in [2.45, 2.75) is 82.3 Å². The molecule has 2 aliphatic rings. The molecule has 0 atom stereocenters. The lowest BCUT2D eigenvalue weighted by atomic mass is 9.79. The van der Waals surface area contributed by atoms with Crippen LogP contribution in [0.3, 0.4) is 0 Å². The Kier molecular flexibility index (Phi) is 9.21. The fourth-order valence-electron chi connectivity index (χ4n) is 4.90. The molecule has 2 fully saturated rings. The summed E-state index contributed by atoms with van der Waals surface area (Å²) in [6.07, 6.45) is 6.17. The molecule has 0 aromatic heterocycles. The molecule has 33 heavy (non-hydrogen) atoms. The Labute approximate surface area is 195 Å². The quantitative estimate of drug-likeness (QED) is 0.316. The van der Waals surface area contributed by atoms with Crippen molar-refractivity contribution in [3.8, 4) is 0 Å². The van der Waals surface area contributed by atoms with Crippen LogP contribution in [0.15, 0.2) is 48.5 Å². The van der Waals surface area contributed by atoms with Gasteiger partial charge < -0.3 is 14.6 Å². The minimum atomic E-state index is -0.738. The number of hydrogen-bond donors (Lipinski definition) is 1. The highest BCUT2D eigenvalue weighted by Crippen LogP contribution is 2.40. The summed E-state index contributed by atoms with van der Waals surface area (Å²) >= 11 is 0. The van der Waals surface area contributed by atoms with Gasteiger partial charge in [0.25, 0.3) is 0 Å². The molecular weight excluding hydrogens is 429 g/mol. The van der Waals surface area contributed by atoms with Crippen molar-refractivity contribution in [3.05, 3.63) is 71.3 Å². The minimum absolute atomic E-state index is 0.0330. The molecule has 3 nitrogen and oxygen atoms in total. The van der Waals surface area contributed by atoms with E-state index in [1.165, 1.54) is 6.08 Å². The van der Waals surface area contributed by atoms with E-state index in [1.54, 1.807) is 19.1 Å². The van der Waals surface area contributed by atoms with Crippen molar-refractivity contribution in [3.63, 3.8) is 0 Å². The first-order valence-corrected chi connectivity index (χ1v) is 11.9.